The number of hydrogen-bond acceptors (Lipinski definition) is 7. The monoisotopic (exact) mass is 482 g/mol. The number of ether oxygens (including phenoxy) is 4. The van der Waals surface area contributed by atoms with Gasteiger partial charge in [0.1, 0.15) is 13.2 Å². The molecule has 0 aromatic heterocycles. The number of benzene rings is 3. The van der Waals surface area contributed by atoms with Crippen LogP contribution in [0.4, 0.5) is 11.4 Å². The number of anilines is 2. The summed E-state index contributed by atoms with van der Waals surface area (Å²) in [6.07, 6.45) is 0.779. The van der Waals surface area contributed by atoms with Gasteiger partial charge in [-0.25, -0.2) is 8.42 Å². The van der Waals surface area contributed by atoms with Crippen molar-refractivity contribution in [1.82, 2.24) is 0 Å². The van der Waals surface area contributed by atoms with Crippen molar-refractivity contribution in [2.75, 3.05) is 36.5 Å². The summed E-state index contributed by atoms with van der Waals surface area (Å²) in [4.78, 5) is 12.7. The Morgan fingerprint density at radius 1 is 0.676 bits per heavy atom. The number of amides is 1. The third-order valence-corrected chi connectivity index (χ3v) is 6.61. The van der Waals surface area contributed by atoms with E-state index in [0.717, 1.165) is 6.42 Å². The van der Waals surface area contributed by atoms with Crippen LogP contribution in [0, 0.1) is 0 Å². The van der Waals surface area contributed by atoms with Crippen molar-refractivity contribution in [2.24, 2.45) is 0 Å². The molecule has 0 bridgehead atoms. The number of sulfonamides is 1. The average molecular weight is 483 g/mol. The molecule has 0 atom stereocenters. The van der Waals surface area contributed by atoms with Gasteiger partial charge in [-0.15, -0.1) is 0 Å². The molecular formula is C24H22N2O7S. The summed E-state index contributed by atoms with van der Waals surface area (Å²) in [5.41, 5.74) is 1.29. The maximum Gasteiger partial charge on any atom is 0.262 e. The molecule has 2 aliphatic heterocycles. The lowest BCUT2D eigenvalue weighted by molar-refractivity contribution is 0.102. The van der Waals surface area contributed by atoms with E-state index in [1.165, 1.54) is 12.1 Å². The SMILES string of the molecule is O=C(Nc1ccc(NS(=O)(=O)c2ccc3c(c2)OCCO3)cc1)c1ccc2c(c1)OCCCO2. The minimum absolute atomic E-state index is 0.0588. The standard InChI is InChI=1S/C24H22N2O7S/c27-24(16-2-8-20-22(14-16)31-11-1-10-30-20)25-17-3-5-18(6-4-17)26-34(28,29)19-7-9-21-23(15-19)33-13-12-32-21/h2-9,14-15,26H,1,10-13H2,(H,25,27). The number of rotatable bonds is 5. The molecular weight excluding hydrogens is 460 g/mol. The van der Waals surface area contributed by atoms with Gasteiger partial charge in [-0.05, 0) is 54.6 Å². The zero-order valence-corrected chi connectivity index (χ0v) is 18.9. The lowest BCUT2D eigenvalue weighted by atomic mass is 10.2. The first-order valence-electron chi connectivity index (χ1n) is 10.7. The van der Waals surface area contributed by atoms with Gasteiger partial charge >= 0.3 is 0 Å². The molecule has 0 fully saturated rings. The van der Waals surface area contributed by atoms with Crippen LogP contribution in [0.5, 0.6) is 23.0 Å². The predicted molar refractivity (Wildman–Crippen MR) is 125 cm³/mol. The molecule has 1 amide bonds. The molecule has 0 aliphatic carbocycles. The molecule has 9 nitrogen and oxygen atoms in total. The third-order valence-electron chi connectivity index (χ3n) is 5.23. The quantitative estimate of drug-likeness (QED) is 0.571. The molecule has 0 unspecified atom stereocenters. The molecule has 5 rings (SSSR count). The van der Waals surface area contributed by atoms with Crippen molar-refractivity contribution < 1.29 is 32.2 Å². The van der Waals surface area contributed by atoms with E-state index in [9.17, 15) is 13.2 Å². The highest BCUT2D eigenvalue weighted by molar-refractivity contribution is 7.92. The molecule has 2 heterocycles. The topological polar surface area (TPSA) is 112 Å². The van der Waals surface area contributed by atoms with Crippen molar-refractivity contribution >= 4 is 27.3 Å². The van der Waals surface area contributed by atoms with Crippen LogP contribution in [0.15, 0.2) is 65.6 Å². The second kappa shape index (κ2) is 9.14. The largest absolute Gasteiger partial charge is 0.490 e. The molecule has 34 heavy (non-hydrogen) atoms. The number of nitrogens with one attached hydrogen (secondary N) is 2. The summed E-state index contributed by atoms with van der Waals surface area (Å²) in [6.45, 7) is 1.89. The Morgan fingerprint density at radius 2 is 1.26 bits per heavy atom. The third kappa shape index (κ3) is 4.72. The Kier molecular flexibility index (Phi) is 5.89. The fraction of sp³-hybridized carbons (Fsp3) is 0.208. The lowest BCUT2D eigenvalue weighted by Gasteiger charge is -2.19. The van der Waals surface area contributed by atoms with Crippen molar-refractivity contribution in [1.29, 1.82) is 0 Å². The van der Waals surface area contributed by atoms with Gasteiger partial charge in [-0.3, -0.25) is 9.52 Å². The van der Waals surface area contributed by atoms with Crippen molar-refractivity contribution in [3.05, 3.63) is 66.2 Å². The van der Waals surface area contributed by atoms with E-state index in [-0.39, 0.29) is 10.8 Å². The fourth-order valence-electron chi connectivity index (χ4n) is 3.53. The fourth-order valence-corrected chi connectivity index (χ4v) is 4.61. The summed E-state index contributed by atoms with van der Waals surface area (Å²) >= 11 is 0. The first-order chi connectivity index (χ1) is 16.5. The van der Waals surface area contributed by atoms with Crippen LogP contribution >= 0.6 is 0 Å². The maximum atomic E-state index is 12.8. The highest BCUT2D eigenvalue weighted by Gasteiger charge is 2.20. The van der Waals surface area contributed by atoms with Crippen LogP contribution in [0.3, 0.4) is 0 Å². The summed E-state index contributed by atoms with van der Waals surface area (Å²) in [6, 6.07) is 15.8. The zero-order chi connectivity index (χ0) is 23.5. The molecule has 0 spiro atoms. The lowest BCUT2D eigenvalue weighted by Crippen LogP contribution is -2.17. The Hall–Kier alpha value is -3.92. The van der Waals surface area contributed by atoms with Crippen molar-refractivity contribution in [3.8, 4) is 23.0 Å². The van der Waals surface area contributed by atoms with Crippen LogP contribution < -0.4 is 29.0 Å². The maximum absolute atomic E-state index is 12.8. The Labute approximate surface area is 196 Å². The van der Waals surface area contributed by atoms with Gasteiger partial charge in [0.05, 0.1) is 18.1 Å². The first kappa shape index (κ1) is 21.9. The highest BCUT2D eigenvalue weighted by atomic mass is 32.2. The van der Waals surface area contributed by atoms with Gasteiger partial charge in [0.2, 0.25) is 0 Å². The molecule has 3 aromatic rings. The van der Waals surface area contributed by atoms with Gasteiger partial charge in [-0.2, -0.15) is 0 Å². The van der Waals surface area contributed by atoms with E-state index in [4.69, 9.17) is 18.9 Å². The van der Waals surface area contributed by atoms with Gasteiger partial charge in [0.15, 0.2) is 23.0 Å². The second-order valence-corrected chi connectivity index (χ2v) is 9.34. The minimum atomic E-state index is -3.84. The number of fused-ring (bicyclic) bond motifs is 2. The number of carbonyl (C=O) groups is 1. The zero-order valence-electron chi connectivity index (χ0n) is 18.1. The van der Waals surface area contributed by atoms with E-state index in [1.807, 2.05) is 0 Å². The molecule has 3 aromatic carbocycles. The average Bonchev–Trinajstić information content (AvgIpc) is 3.10. The van der Waals surface area contributed by atoms with Crippen LogP contribution in [0.25, 0.3) is 0 Å². The smallest absolute Gasteiger partial charge is 0.262 e. The highest BCUT2D eigenvalue weighted by Crippen LogP contribution is 2.33. The Bertz CT molecular complexity index is 1320. The molecule has 176 valence electrons. The van der Waals surface area contributed by atoms with Gasteiger partial charge < -0.3 is 24.3 Å². The van der Waals surface area contributed by atoms with E-state index < -0.39 is 10.0 Å². The Morgan fingerprint density at radius 3 is 2.03 bits per heavy atom. The molecule has 0 saturated carbocycles. The van der Waals surface area contributed by atoms with Crippen LogP contribution in [-0.2, 0) is 10.0 Å². The van der Waals surface area contributed by atoms with Crippen LogP contribution in [0.2, 0.25) is 0 Å². The Balaban J connectivity index is 1.26. The van der Waals surface area contributed by atoms with Crippen LogP contribution in [-0.4, -0.2) is 40.8 Å². The van der Waals surface area contributed by atoms with Gasteiger partial charge in [-0.1, -0.05) is 0 Å². The van der Waals surface area contributed by atoms with E-state index in [1.54, 1.807) is 48.5 Å². The first-order valence-corrected chi connectivity index (χ1v) is 12.2. The number of hydrogen-bond donors (Lipinski definition) is 2. The molecule has 2 N–H and O–H groups in total. The second-order valence-electron chi connectivity index (χ2n) is 7.65. The van der Waals surface area contributed by atoms with E-state index in [0.29, 0.717) is 66.4 Å². The molecule has 10 heteroatoms. The van der Waals surface area contributed by atoms with Gasteiger partial charge in [0, 0.05) is 29.4 Å². The molecule has 0 radical (unpaired) electrons. The summed E-state index contributed by atoms with van der Waals surface area (Å²) < 4.78 is 50.2. The van der Waals surface area contributed by atoms with Gasteiger partial charge in [0.25, 0.3) is 15.9 Å². The van der Waals surface area contributed by atoms with E-state index >= 15 is 0 Å². The summed E-state index contributed by atoms with van der Waals surface area (Å²) in [5.74, 6) is 1.74. The molecule has 0 saturated heterocycles. The normalized spacial score (nSPS) is 14.6. The summed E-state index contributed by atoms with van der Waals surface area (Å²) in [5, 5.41) is 2.79. The van der Waals surface area contributed by atoms with Crippen LogP contribution in [0.1, 0.15) is 16.8 Å². The summed E-state index contributed by atoms with van der Waals surface area (Å²) in [7, 11) is -3.84. The van der Waals surface area contributed by atoms with Crippen molar-refractivity contribution in [3.63, 3.8) is 0 Å². The minimum Gasteiger partial charge on any atom is -0.490 e. The molecule has 2 aliphatic rings. The predicted octanol–water partition coefficient (Wildman–Crippen LogP) is 3.67. The van der Waals surface area contributed by atoms with Crippen molar-refractivity contribution in [2.45, 2.75) is 11.3 Å². The van der Waals surface area contributed by atoms with E-state index in [2.05, 4.69) is 10.0 Å². The number of carbonyl (C=O) groups excluding carboxylic acids is 1.